The number of benzene rings is 1. The fourth-order valence-electron chi connectivity index (χ4n) is 1.88. The molecule has 1 aliphatic rings. The van der Waals surface area contributed by atoms with Crippen LogP contribution in [0.4, 0.5) is 0 Å². The van der Waals surface area contributed by atoms with Crippen molar-refractivity contribution in [2.45, 2.75) is 31.9 Å². The van der Waals surface area contributed by atoms with Gasteiger partial charge in [0.15, 0.2) is 0 Å². The minimum atomic E-state index is -0.410. The Morgan fingerprint density at radius 1 is 1.29 bits per heavy atom. The summed E-state index contributed by atoms with van der Waals surface area (Å²) in [5, 5.41) is 9.85. The molecule has 14 heavy (non-hydrogen) atoms. The van der Waals surface area contributed by atoms with E-state index in [0.29, 0.717) is 0 Å². The number of aliphatic hydroxyl groups is 1. The molecule has 1 atom stereocenters. The molecular formula is C12H15NO. The third-order valence-electron chi connectivity index (χ3n) is 2.50. The Kier molecular flexibility index (Phi) is 2.16. The topological polar surface area (TPSA) is 32.6 Å². The lowest BCUT2D eigenvalue weighted by atomic mass is 9.99. The second-order valence-corrected chi connectivity index (χ2v) is 4.40. The van der Waals surface area contributed by atoms with Crippen molar-refractivity contribution in [3.63, 3.8) is 0 Å². The molecule has 1 heterocycles. The zero-order chi connectivity index (χ0) is 10.2. The van der Waals surface area contributed by atoms with Crippen molar-refractivity contribution in [3.05, 3.63) is 35.9 Å². The lowest BCUT2D eigenvalue weighted by Gasteiger charge is -2.11. The van der Waals surface area contributed by atoms with Gasteiger partial charge in [-0.05, 0) is 19.4 Å². The Balaban J connectivity index is 2.36. The minimum absolute atomic E-state index is 0.120. The summed E-state index contributed by atoms with van der Waals surface area (Å²) in [7, 11) is 0. The summed E-state index contributed by atoms with van der Waals surface area (Å²) in [5.41, 5.74) is 1.74. The smallest absolute Gasteiger partial charge is 0.0984 e. The van der Waals surface area contributed by atoms with E-state index in [4.69, 9.17) is 0 Å². The Hall–Kier alpha value is -1.15. The second kappa shape index (κ2) is 3.21. The average molecular weight is 189 g/mol. The highest BCUT2D eigenvalue weighted by atomic mass is 16.3. The summed E-state index contributed by atoms with van der Waals surface area (Å²) in [6.07, 6.45) is 0.310. The van der Waals surface area contributed by atoms with Gasteiger partial charge in [0.1, 0.15) is 0 Å². The molecule has 0 fully saturated rings. The molecule has 1 unspecified atom stereocenters. The predicted molar refractivity (Wildman–Crippen MR) is 57.7 cm³/mol. The number of hydrogen-bond acceptors (Lipinski definition) is 2. The van der Waals surface area contributed by atoms with Crippen LogP contribution in [0.25, 0.3) is 0 Å². The molecular weight excluding hydrogens is 174 g/mol. The van der Waals surface area contributed by atoms with Crippen molar-refractivity contribution in [3.8, 4) is 0 Å². The van der Waals surface area contributed by atoms with E-state index in [1.165, 1.54) is 0 Å². The molecule has 2 heteroatoms. The first-order valence-corrected chi connectivity index (χ1v) is 4.92. The second-order valence-electron chi connectivity index (χ2n) is 4.40. The van der Waals surface area contributed by atoms with E-state index in [1.807, 2.05) is 44.2 Å². The van der Waals surface area contributed by atoms with Crippen molar-refractivity contribution in [1.29, 1.82) is 0 Å². The molecule has 1 aliphatic heterocycles. The van der Waals surface area contributed by atoms with Crippen LogP contribution in [0, 0.1) is 0 Å². The molecule has 0 saturated heterocycles. The van der Waals surface area contributed by atoms with Gasteiger partial charge in [0.05, 0.1) is 17.4 Å². The summed E-state index contributed by atoms with van der Waals surface area (Å²) in [6.45, 7) is 4.10. The normalized spacial score (nSPS) is 24.8. The average Bonchev–Trinajstić information content (AvgIpc) is 2.41. The molecule has 0 aromatic heterocycles. The highest BCUT2D eigenvalue weighted by Crippen LogP contribution is 2.27. The summed E-state index contributed by atoms with van der Waals surface area (Å²) in [6, 6.07) is 9.88. The van der Waals surface area contributed by atoms with Gasteiger partial charge in [-0.3, -0.25) is 4.99 Å². The lowest BCUT2D eigenvalue weighted by Crippen LogP contribution is -2.19. The molecule has 0 spiro atoms. The molecule has 2 rings (SSSR count). The van der Waals surface area contributed by atoms with Crippen LogP contribution >= 0.6 is 0 Å². The van der Waals surface area contributed by atoms with Gasteiger partial charge in [-0.2, -0.15) is 0 Å². The maximum absolute atomic E-state index is 9.85. The number of nitrogens with zero attached hydrogens (tertiary/aromatic N) is 1. The van der Waals surface area contributed by atoms with Gasteiger partial charge in [-0.25, -0.2) is 0 Å². The summed E-state index contributed by atoms with van der Waals surface area (Å²) < 4.78 is 0. The van der Waals surface area contributed by atoms with E-state index in [0.717, 1.165) is 17.7 Å². The fourth-order valence-corrected chi connectivity index (χ4v) is 1.88. The summed E-state index contributed by atoms with van der Waals surface area (Å²) in [5.74, 6) is 0. The van der Waals surface area contributed by atoms with Crippen molar-refractivity contribution < 1.29 is 5.11 Å². The first kappa shape index (κ1) is 9.41. The van der Waals surface area contributed by atoms with Gasteiger partial charge in [-0.1, -0.05) is 30.3 Å². The quantitative estimate of drug-likeness (QED) is 0.720. The van der Waals surface area contributed by atoms with Crippen LogP contribution in [0.1, 0.15) is 25.8 Å². The van der Waals surface area contributed by atoms with Gasteiger partial charge in [-0.15, -0.1) is 0 Å². The molecule has 1 aromatic carbocycles. The molecule has 74 valence electrons. The van der Waals surface area contributed by atoms with Crippen molar-refractivity contribution >= 4 is 5.71 Å². The van der Waals surface area contributed by atoms with Crippen LogP contribution in [0.2, 0.25) is 0 Å². The molecule has 0 amide bonds. The zero-order valence-corrected chi connectivity index (χ0v) is 8.57. The van der Waals surface area contributed by atoms with E-state index < -0.39 is 6.10 Å². The van der Waals surface area contributed by atoms with E-state index in [9.17, 15) is 5.11 Å². The molecule has 0 radical (unpaired) electrons. The highest BCUT2D eigenvalue weighted by molar-refractivity contribution is 6.05. The van der Waals surface area contributed by atoms with E-state index in [1.54, 1.807) is 0 Å². The van der Waals surface area contributed by atoms with Crippen LogP contribution in [0.15, 0.2) is 35.3 Å². The molecule has 2 nitrogen and oxygen atoms in total. The maximum Gasteiger partial charge on any atom is 0.0984 e. The Morgan fingerprint density at radius 3 is 2.43 bits per heavy atom. The van der Waals surface area contributed by atoms with Crippen LogP contribution in [0.3, 0.4) is 0 Å². The number of hydrogen-bond donors (Lipinski definition) is 1. The molecule has 0 bridgehead atoms. The van der Waals surface area contributed by atoms with E-state index in [2.05, 4.69) is 4.99 Å². The van der Waals surface area contributed by atoms with Crippen LogP contribution < -0.4 is 0 Å². The monoisotopic (exact) mass is 189 g/mol. The fraction of sp³-hybridized carbons (Fsp3) is 0.417. The van der Waals surface area contributed by atoms with Crippen LogP contribution in [-0.4, -0.2) is 22.5 Å². The number of aliphatic hydroxyl groups excluding tert-OH is 1. The largest absolute Gasteiger partial charge is 0.387 e. The molecule has 0 aliphatic carbocycles. The van der Waals surface area contributed by atoms with Gasteiger partial charge in [0, 0.05) is 6.42 Å². The Labute approximate surface area is 84.3 Å². The number of aliphatic imine (C=N–C) groups is 1. The van der Waals surface area contributed by atoms with Crippen molar-refractivity contribution in [2.75, 3.05) is 0 Å². The first-order chi connectivity index (χ1) is 6.58. The van der Waals surface area contributed by atoms with Crippen molar-refractivity contribution in [1.82, 2.24) is 0 Å². The summed E-state index contributed by atoms with van der Waals surface area (Å²) in [4.78, 5) is 4.54. The van der Waals surface area contributed by atoms with Gasteiger partial charge >= 0.3 is 0 Å². The Morgan fingerprint density at radius 2 is 1.93 bits per heavy atom. The first-order valence-electron chi connectivity index (χ1n) is 4.92. The lowest BCUT2D eigenvalue weighted by molar-refractivity contribution is 0.220. The SMILES string of the molecule is CC1(C)CC(O)C(c2ccccc2)=N1. The standard InChI is InChI=1S/C12H15NO/c1-12(2)8-10(14)11(13-12)9-6-4-3-5-7-9/h3-7,10,14H,8H2,1-2H3. The molecule has 0 saturated carbocycles. The van der Waals surface area contributed by atoms with Gasteiger partial charge < -0.3 is 5.11 Å². The van der Waals surface area contributed by atoms with Crippen molar-refractivity contribution in [2.24, 2.45) is 4.99 Å². The van der Waals surface area contributed by atoms with Gasteiger partial charge in [0.25, 0.3) is 0 Å². The van der Waals surface area contributed by atoms with E-state index >= 15 is 0 Å². The zero-order valence-electron chi connectivity index (χ0n) is 8.57. The minimum Gasteiger partial charge on any atom is -0.387 e. The predicted octanol–water partition coefficient (Wildman–Crippen LogP) is 2.02. The van der Waals surface area contributed by atoms with Gasteiger partial charge in [0.2, 0.25) is 0 Å². The summed E-state index contributed by atoms with van der Waals surface area (Å²) >= 11 is 0. The highest BCUT2D eigenvalue weighted by Gasteiger charge is 2.32. The number of rotatable bonds is 1. The third kappa shape index (κ3) is 1.70. The third-order valence-corrected chi connectivity index (χ3v) is 2.50. The Bertz CT molecular complexity index is 354. The van der Waals surface area contributed by atoms with Crippen LogP contribution in [0.5, 0.6) is 0 Å². The molecule has 1 aromatic rings. The van der Waals surface area contributed by atoms with E-state index in [-0.39, 0.29) is 5.54 Å². The maximum atomic E-state index is 9.85. The van der Waals surface area contributed by atoms with Crippen LogP contribution in [-0.2, 0) is 0 Å². The molecule has 1 N–H and O–H groups in total.